The van der Waals surface area contributed by atoms with E-state index in [0.717, 1.165) is 17.2 Å². The standard InChI is InChI=1S/C17H24N2O4/c1-11-9-19(10-12(2)23-11)17(20)13(3)18-14-4-5-15-16(8-14)22-7-6-21-15/h4-5,8,11-13,18H,6-7,9-10H2,1-3H3/t11-,12+,13-/m0/s1. The fourth-order valence-corrected chi connectivity index (χ4v) is 3.08. The summed E-state index contributed by atoms with van der Waals surface area (Å²) < 4.78 is 16.8. The van der Waals surface area contributed by atoms with E-state index in [9.17, 15) is 4.79 Å². The van der Waals surface area contributed by atoms with Gasteiger partial charge >= 0.3 is 0 Å². The minimum atomic E-state index is -0.310. The fraction of sp³-hybridized carbons (Fsp3) is 0.588. The minimum absolute atomic E-state index is 0.0733. The molecule has 0 aliphatic carbocycles. The van der Waals surface area contributed by atoms with E-state index in [0.29, 0.717) is 26.3 Å². The summed E-state index contributed by atoms with van der Waals surface area (Å²) >= 11 is 0. The Kier molecular flexibility index (Phi) is 4.61. The largest absolute Gasteiger partial charge is 0.486 e. The lowest BCUT2D eigenvalue weighted by molar-refractivity contribution is -0.143. The van der Waals surface area contributed by atoms with Gasteiger partial charge in [-0.1, -0.05) is 0 Å². The van der Waals surface area contributed by atoms with E-state index in [1.807, 2.05) is 43.9 Å². The van der Waals surface area contributed by atoms with Gasteiger partial charge in [0.25, 0.3) is 0 Å². The molecule has 23 heavy (non-hydrogen) atoms. The summed E-state index contributed by atoms with van der Waals surface area (Å²) in [7, 11) is 0. The van der Waals surface area contributed by atoms with Crippen LogP contribution in [0.2, 0.25) is 0 Å². The van der Waals surface area contributed by atoms with Crippen LogP contribution in [0, 0.1) is 0 Å². The van der Waals surface area contributed by atoms with Crippen LogP contribution in [-0.4, -0.2) is 55.4 Å². The van der Waals surface area contributed by atoms with Crippen LogP contribution in [0.15, 0.2) is 18.2 Å². The Hall–Kier alpha value is -1.95. The van der Waals surface area contributed by atoms with Crippen molar-refractivity contribution in [2.75, 3.05) is 31.6 Å². The Morgan fingerprint density at radius 1 is 1.17 bits per heavy atom. The van der Waals surface area contributed by atoms with Gasteiger partial charge in [-0.15, -0.1) is 0 Å². The van der Waals surface area contributed by atoms with Gasteiger partial charge in [-0.3, -0.25) is 4.79 Å². The number of carbonyl (C=O) groups is 1. The van der Waals surface area contributed by atoms with Crippen LogP contribution in [0.5, 0.6) is 11.5 Å². The molecule has 1 amide bonds. The Bertz CT molecular complexity index is 568. The summed E-state index contributed by atoms with van der Waals surface area (Å²) in [5.41, 5.74) is 0.851. The summed E-state index contributed by atoms with van der Waals surface area (Å²) in [6.07, 6.45) is 0.147. The summed E-state index contributed by atoms with van der Waals surface area (Å²) in [5, 5.41) is 3.25. The predicted molar refractivity (Wildman–Crippen MR) is 87.1 cm³/mol. The second-order valence-electron chi connectivity index (χ2n) is 6.23. The van der Waals surface area contributed by atoms with Crippen molar-refractivity contribution >= 4 is 11.6 Å². The Balaban J connectivity index is 1.64. The molecule has 1 fully saturated rings. The van der Waals surface area contributed by atoms with E-state index in [1.165, 1.54) is 0 Å². The number of morpholine rings is 1. The SMILES string of the molecule is C[C@@H]1CN(C(=O)[C@H](C)Nc2ccc3c(c2)OCCO3)C[C@H](C)O1. The Morgan fingerprint density at radius 2 is 1.83 bits per heavy atom. The minimum Gasteiger partial charge on any atom is -0.486 e. The molecule has 0 spiro atoms. The summed E-state index contributed by atoms with van der Waals surface area (Å²) in [6.45, 7) is 8.26. The molecule has 2 aliphatic rings. The number of nitrogens with zero attached hydrogens (tertiary/aromatic N) is 1. The molecule has 2 aliphatic heterocycles. The molecule has 1 N–H and O–H groups in total. The number of benzene rings is 1. The zero-order valence-corrected chi connectivity index (χ0v) is 13.9. The van der Waals surface area contributed by atoms with Gasteiger partial charge in [0.1, 0.15) is 19.3 Å². The first-order chi connectivity index (χ1) is 11.0. The Labute approximate surface area is 136 Å². The van der Waals surface area contributed by atoms with Crippen molar-refractivity contribution < 1.29 is 19.0 Å². The Morgan fingerprint density at radius 3 is 2.52 bits per heavy atom. The van der Waals surface area contributed by atoms with E-state index in [-0.39, 0.29) is 24.2 Å². The van der Waals surface area contributed by atoms with Crippen molar-refractivity contribution in [1.29, 1.82) is 0 Å². The molecule has 3 atom stereocenters. The van der Waals surface area contributed by atoms with Crippen molar-refractivity contribution in [3.8, 4) is 11.5 Å². The zero-order chi connectivity index (χ0) is 16.4. The van der Waals surface area contributed by atoms with Gasteiger partial charge in [-0.05, 0) is 32.9 Å². The average molecular weight is 320 g/mol. The maximum Gasteiger partial charge on any atom is 0.244 e. The van der Waals surface area contributed by atoms with Gasteiger partial charge < -0.3 is 24.4 Å². The van der Waals surface area contributed by atoms with Gasteiger partial charge in [0.15, 0.2) is 11.5 Å². The van der Waals surface area contributed by atoms with Crippen molar-refractivity contribution in [2.45, 2.75) is 39.0 Å². The number of ether oxygens (including phenoxy) is 3. The molecule has 0 bridgehead atoms. The lowest BCUT2D eigenvalue weighted by Crippen LogP contribution is -2.52. The molecule has 0 saturated carbocycles. The van der Waals surface area contributed by atoms with Crippen molar-refractivity contribution in [3.63, 3.8) is 0 Å². The first kappa shape index (κ1) is 15.9. The van der Waals surface area contributed by atoms with Crippen LogP contribution in [-0.2, 0) is 9.53 Å². The molecule has 6 heteroatoms. The van der Waals surface area contributed by atoms with Crippen molar-refractivity contribution in [2.24, 2.45) is 0 Å². The smallest absolute Gasteiger partial charge is 0.244 e. The number of hydrogen-bond donors (Lipinski definition) is 1. The van der Waals surface area contributed by atoms with E-state index in [4.69, 9.17) is 14.2 Å². The molecule has 6 nitrogen and oxygen atoms in total. The molecule has 3 rings (SSSR count). The first-order valence-electron chi connectivity index (χ1n) is 8.13. The van der Waals surface area contributed by atoms with Crippen LogP contribution in [0.3, 0.4) is 0 Å². The normalized spacial score (nSPS) is 24.9. The highest BCUT2D eigenvalue weighted by Gasteiger charge is 2.28. The maximum absolute atomic E-state index is 12.6. The quantitative estimate of drug-likeness (QED) is 0.922. The second kappa shape index (κ2) is 6.66. The van der Waals surface area contributed by atoms with E-state index >= 15 is 0 Å². The van der Waals surface area contributed by atoms with Crippen LogP contribution in [0.1, 0.15) is 20.8 Å². The number of fused-ring (bicyclic) bond motifs is 1. The molecule has 0 unspecified atom stereocenters. The third-order valence-electron chi connectivity index (χ3n) is 4.03. The summed E-state index contributed by atoms with van der Waals surface area (Å²) in [5.74, 6) is 1.55. The van der Waals surface area contributed by atoms with Crippen LogP contribution in [0.4, 0.5) is 5.69 Å². The number of carbonyl (C=O) groups excluding carboxylic acids is 1. The molecule has 126 valence electrons. The van der Waals surface area contributed by atoms with E-state index in [2.05, 4.69) is 5.32 Å². The molecular formula is C17H24N2O4. The monoisotopic (exact) mass is 320 g/mol. The molecular weight excluding hydrogens is 296 g/mol. The van der Waals surface area contributed by atoms with Gasteiger partial charge in [-0.25, -0.2) is 0 Å². The third-order valence-corrected chi connectivity index (χ3v) is 4.03. The lowest BCUT2D eigenvalue weighted by Gasteiger charge is -2.36. The van der Waals surface area contributed by atoms with Crippen LogP contribution in [0.25, 0.3) is 0 Å². The molecule has 0 radical (unpaired) electrons. The van der Waals surface area contributed by atoms with Crippen LogP contribution < -0.4 is 14.8 Å². The lowest BCUT2D eigenvalue weighted by atomic mass is 10.2. The van der Waals surface area contributed by atoms with Gasteiger partial charge in [0, 0.05) is 24.8 Å². The van der Waals surface area contributed by atoms with Crippen molar-refractivity contribution in [1.82, 2.24) is 4.90 Å². The summed E-state index contributed by atoms with van der Waals surface area (Å²) in [4.78, 5) is 14.5. The van der Waals surface area contributed by atoms with E-state index in [1.54, 1.807) is 0 Å². The fourth-order valence-electron chi connectivity index (χ4n) is 3.08. The zero-order valence-electron chi connectivity index (χ0n) is 13.9. The van der Waals surface area contributed by atoms with Gasteiger partial charge in [0.05, 0.1) is 12.2 Å². The van der Waals surface area contributed by atoms with Gasteiger partial charge in [-0.2, -0.15) is 0 Å². The molecule has 1 aromatic rings. The maximum atomic E-state index is 12.6. The highest BCUT2D eigenvalue weighted by Crippen LogP contribution is 2.32. The summed E-state index contributed by atoms with van der Waals surface area (Å²) in [6, 6.07) is 5.34. The molecule has 1 saturated heterocycles. The highest BCUT2D eigenvalue weighted by atomic mass is 16.6. The van der Waals surface area contributed by atoms with Crippen molar-refractivity contribution in [3.05, 3.63) is 18.2 Å². The highest BCUT2D eigenvalue weighted by molar-refractivity contribution is 5.84. The topological polar surface area (TPSA) is 60.0 Å². The average Bonchev–Trinajstić information content (AvgIpc) is 2.53. The third kappa shape index (κ3) is 3.69. The molecule has 0 aromatic heterocycles. The second-order valence-corrected chi connectivity index (χ2v) is 6.23. The number of amides is 1. The van der Waals surface area contributed by atoms with Gasteiger partial charge in [0.2, 0.25) is 5.91 Å². The number of anilines is 1. The number of nitrogens with one attached hydrogen (secondary N) is 1. The first-order valence-corrected chi connectivity index (χ1v) is 8.13. The van der Waals surface area contributed by atoms with Crippen LogP contribution >= 0.6 is 0 Å². The predicted octanol–water partition coefficient (Wildman–Crippen LogP) is 1.89. The molecule has 1 aromatic carbocycles. The number of rotatable bonds is 3. The van der Waals surface area contributed by atoms with E-state index < -0.39 is 0 Å². The number of hydrogen-bond acceptors (Lipinski definition) is 5. The molecule has 2 heterocycles.